The number of aliphatic hydroxyl groups excluding tert-OH is 1. The largest absolute Gasteiger partial charge is 0.383 e. The van der Waals surface area contributed by atoms with Crippen LogP contribution in [-0.4, -0.2) is 72.6 Å². The van der Waals surface area contributed by atoms with Gasteiger partial charge in [-0.2, -0.15) is 5.10 Å². The van der Waals surface area contributed by atoms with Crippen molar-refractivity contribution in [2.24, 2.45) is 5.92 Å². The summed E-state index contributed by atoms with van der Waals surface area (Å²) in [5.41, 5.74) is 2.61. The predicted molar refractivity (Wildman–Crippen MR) is 130 cm³/mol. The molecule has 1 N–H and O–H groups in total. The number of nitrogens with zero attached hydrogens (tertiary/aromatic N) is 5. The van der Waals surface area contributed by atoms with E-state index >= 15 is 0 Å². The molecule has 1 fully saturated rings. The molecule has 3 heterocycles. The van der Waals surface area contributed by atoms with Crippen molar-refractivity contribution in [3.8, 4) is 11.3 Å². The standard InChI is InChI=1S/C26H32FN5O3/c1-6-17-13-20(18-7-9-19(27)10-8-18)29-32-14-21(28-23(17)32)24(34)31-12-11-30(15-26(31,4)5)25(35)22(33)16(2)3/h7-10,13-14,16,22,33H,6,11-12,15H2,1-5H3/t22-/m1/s1. The van der Waals surface area contributed by atoms with Crippen molar-refractivity contribution in [3.05, 3.63) is 53.6 Å². The molecule has 1 aliphatic rings. The number of aliphatic hydroxyl groups is 1. The zero-order valence-electron chi connectivity index (χ0n) is 20.8. The molecule has 4 rings (SSSR count). The number of aryl methyl sites for hydroxylation is 1. The van der Waals surface area contributed by atoms with E-state index in [1.54, 1.807) is 46.5 Å². The molecule has 186 valence electrons. The van der Waals surface area contributed by atoms with Crippen LogP contribution in [0.4, 0.5) is 4.39 Å². The number of halogens is 1. The molecule has 8 nitrogen and oxygen atoms in total. The number of rotatable bonds is 5. The number of hydrogen-bond donors (Lipinski definition) is 1. The van der Waals surface area contributed by atoms with Crippen molar-refractivity contribution in [2.45, 2.75) is 52.7 Å². The Morgan fingerprint density at radius 2 is 1.86 bits per heavy atom. The lowest BCUT2D eigenvalue weighted by Crippen LogP contribution is -2.63. The summed E-state index contributed by atoms with van der Waals surface area (Å²) < 4.78 is 15.0. The minimum absolute atomic E-state index is 0.177. The van der Waals surface area contributed by atoms with E-state index in [9.17, 15) is 19.1 Å². The Morgan fingerprint density at radius 3 is 2.46 bits per heavy atom. The maximum atomic E-state index is 13.5. The summed E-state index contributed by atoms with van der Waals surface area (Å²) in [6.07, 6.45) is 1.26. The fourth-order valence-electron chi connectivity index (χ4n) is 4.50. The fourth-order valence-corrected chi connectivity index (χ4v) is 4.50. The molecular weight excluding hydrogens is 449 g/mol. The van der Waals surface area contributed by atoms with Crippen molar-refractivity contribution in [2.75, 3.05) is 19.6 Å². The van der Waals surface area contributed by atoms with E-state index in [0.717, 1.165) is 11.1 Å². The van der Waals surface area contributed by atoms with Gasteiger partial charge in [0.2, 0.25) is 0 Å². The average molecular weight is 482 g/mol. The van der Waals surface area contributed by atoms with E-state index in [1.807, 2.05) is 26.8 Å². The molecule has 35 heavy (non-hydrogen) atoms. The highest BCUT2D eigenvalue weighted by Crippen LogP contribution is 2.26. The molecule has 3 aromatic rings. The van der Waals surface area contributed by atoms with Crippen molar-refractivity contribution < 1.29 is 19.1 Å². The molecule has 1 aliphatic heterocycles. The van der Waals surface area contributed by atoms with E-state index in [1.165, 1.54) is 12.1 Å². The van der Waals surface area contributed by atoms with Gasteiger partial charge in [0.1, 0.15) is 17.6 Å². The number of fused-ring (bicyclic) bond motifs is 1. The fraction of sp³-hybridized carbons (Fsp3) is 0.462. The molecule has 0 unspecified atom stereocenters. The molecule has 1 aromatic carbocycles. The van der Waals surface area contributed by atoms with Crippen molar-refractivity contribution in [1.82, 2.24) is 24.4 Å². The quantitative estimate of drug-likeness (QED) is 0.605. The second-order valence-electron chi connectivity index (χ2n) is 10.0. The molecule has 2 amide bonds. The first-order valence-corrected chi connectivity index (χ1v) is 12.0. The Morgan fingerprint density at radius 1 is 1.17 bits per heavy atom. The number of carbonyl (C=O) groups is 2. The maximum absolute atomic E-state index is 13.5. The normalized spacial score (nSPS) is 16.7. The van der Waals surface area contributed by atoms with Crippen molar-refractivity contribution in [1.29, 1.82) is 0 Å². The molecule has 0 radical (unpaired) electrons. The van der Waals surface area contributed by atoms with Crippen LogP contribution in [0.2, 0.25) is 0 Å². The molecule has 0 aliphatic carbocycles. The highest BCUT2D eigenvalue weighted by Gasteiger charge is 2.40. The topological polar surface area (TPSA) is 91.0 Å². The Balaban J connectivity index is 1.61. The van der Waals surface area contributed by atoms with Gasteiger partial charge in [-0.25, -0.2) is 13.9 Å². The van der Waals surface area contributed by atoms with Crippen molar-refractivity contribution in [3.63, 3.8) is 0 Å². The van der Waals surface area contributed by atoms with E-state index in [2.05, 4.69) is 10.1 Å². The number of carbonyl (C=O) groups excluding carboxylic acids is 2. The van der Waals surface area contributed by atoms with Gasteiger partial charge in [0.05, 0.1) is 17.4 Å². The van der Waals surface area contributed by atoms with E-state index in [4.69, 9.17) is 0 Å². The van der Waals surface area contributed by atoms with E-state index in [-0.39, 0.29) is 29.2 Å². The van der Waals surface area contributed by atoms with Crippen LogP contribution in [0.3, 0.4) is 0 Å². The number of imidazole rings is 1. The van der Waals surface area contributed by atoms with Gasteiger partial charge >= 0.3 is 0 Å². The predicted octanol–water partition coefficient (Wildman–Crippen LogP) is 3.18. The summed E-state index contributed by atoms with van der Waals surface area (Å²) in [6, 6.07) is 8.04. The van der Waals surface area contributed by atoms with Crippen molar-refractivity contribution >= 4 is 17.5 Å². The first kappa shape index (κ1) is 24.8. The smallest absolute Gasteiger partial charge is 0.274 e. The summed E-state index contributed by atoms with van der Waals surface area (Å²) in [5, 5.41) is 14.8. The van der Waals surface area contributed by atoms with Gasteiger partial charge in [-0.1, -0.05) is 20.8 Å². The van der Waals surface area contributed by atoms with Crippen LogP contribution in [0.5, 0.6) is 0 Å². The first-order chi connectivity index (χ1) is 16.5. The second-order valence-corrected chi connectivity index (χ2v) is 10.0. The van der Waals surface area contributed by atoms with Crippen LogP contribution in [0.15, 0.2) is 36.5 Å². The number of amides is 2. The van der Waals surface area contributed by atoms with Crippen LogP contribution in [0.1, 0.15) is 50.7 Å². The molecule has 0 saturated carbocycles. The summed E-state index contributed by atoms with van der Waals surface area (Å²) in [7, 11) is 0. The number of aromatic nitrogens is 3. The van der Waals surface area contributed by atoms with Gasteiger partial charge < -0.3 is 14.9 Å². The van der Waals surface area contributed by atoms with Crippen LogP contribution < -0.4 is 0 Å². The van der Waals surface area contributed by atoms with Gasteiger partial charge in [-0.15, -0.1) is 0 Å². The molecule has 1 atom stereocenters. The van der Waals surface area contributed by atoms with Gasteiger partial charge in [0.25, 0.3) is 11.8 Å². The summed E-state index contributed by atoms with van der Waals surface area (Å²) >= 11 is 0. The minimum atomic E-state index is -1.06. The minimum Gasteiger partial charge on any atom is -0.383 e. The Labute approximate surface area is 204 Å². The van der Waals surface area contributed by atoms with Gasteiger partial charge in [-0.3, -0.25) is 9.59 Å². The highest BCUT2D eigenvalue weighted by atomic mass is 19.1. The highest BCUT2D eigenvalue weighted by molar-refractivity contribution is 5.94. The van der Waals surface area contributed by atoms with Crippen LogP contribution >= 0.6 is 0 Å². The monoisotopic (exact) mass is 481 g/mol. The molecule has 1 saturated heterocycles. The molecule has 2 aromatic heterocycles. The Kier molecular flexibility index (Phi) is 6.64. The Hall–Kier alpha value is -3.33. The lowest BCUT2D eigenvalue weighted by molar-refractivity contribution is -0.146. The third kappa shape index (κ3) is 4.77. The molecule has 0 bridgehead atoms. The maximum Gasteiger partial charge on any atom is 0.274 e. The zero-order valence-corrected chi connectivity index (χ0v) is 20.8. The number of hydrogen-bond acceptors (Lipinski definition) is 5. The van der Waals surface area contributed by atoms with Crippen LogP contribution in [0.25, 0.3) is 16.9 Å². The zero-order chi connectivity index (χ0) is 25.5. The van der Waals surface area contributed by atoms with E-state index in [0.29, 0.717) is 37.4 Å². The average Bonchev–Trinajstić information content (AvgIpc) is 3.26. The summed E-state index contributed by atoms with van der Waals surface area (Å²) in [5.74, 6) is -1.03. The summed E-state index contributed by atoms with van der Waals surface area (Å²) in [6.45, 7) is 10.4. The molecule has 9 heteroatoms. The Bertz CT molecular complexity index is 1250. The first-order valence-electron chi connectivity index (χ1n) is 12.0. The third-order valence-electron chi connectivity index (χ3n) is 6.58. The number of benzene rings is 1. The second kappa shape index (κ2) is 9.37. The lowest BCUT2D eigenvalue weighted by atomic mass is 9.96. The SMILES string of the molecule is CCc1cc(-c2ccc(F)cc2)nn2cc(C(=O)N3CCN(C(=O)[C@H](O)C(C)C)CC3(C)C)nc12. The van der Waals surface area contributed by atoms with Gasteiger partial charge in [-0.05, 0) is 62.1 Å². The molecule has 0 spiro atoms. The third-order valence-corrected chi connectivity index (χ3v) is 6.58. The summed E-state index contributed by atoms with van der Waals surface area (Å²) in [4.78, 5) is 34.1. The lowest BCUT2D eigenvalue weighted by Gasteiger charge is -2.47. The van der Waals surface area contributed by atoms with Gasteiger partial charge in [0, 0.05) is 25.2 Å². The number of piperazine rings is 1. The van der Waals surface area contributed by atoms with Crippen LogP contribution in [-0.2, 0) is 11.2 Å². The van der Waals surface area contributed by atoms with E-state index < -0.39 is 11.6 Å². The van der Waals surface area contributed by atoms with Gasteiger partial charge in [0.15, 0.2) is 5.65 Å². The van der Waals surface area contributed by atoms with Crippen LogP contribution in [0, 0.1) is 11.7 Å². The molecular formula is C26H32FN5O3.